The van der Waals surface area contributed by atoms with Crippen LogP contribution >= 0.6 is 11.3 Å². The zero-order valence-corrected chi connectivity index (χ0v) is 11.6. The Morgan fingerprint density at radius 2 is 2.25 bits per heavy atom. The van der Waals surface area contributed by atoms with Crippen LogP contribution in [-0.4, -0.2) is 25.3 Å². The molecule has 0 bridgehead atoms. The molecule has 1 heterocycles. The van der Waals surface area contributed by atoms with Crippen molar-refractivity contribution in [2.45, 2.75) is 45.3 Å². The number of nitrogens with one attached hydrogen (secondary N) is 1. The molecule has 0 amide bonds. The lowest BCUT2D eigenvalue weighted by Gasteiger charge is -2.28. The first-order valence-corrected chi connectivity index (χ1v) is 6.76. The van der Waals surface area contributed by atoms with Gasteiger partial charge < -0.3 is 10.1 Å². The van der Waals surface area contributed by atoms with Gasteiger partial charge in [0.2, 0.25) is 0 Å². The Balaban J connectivity index is 2.54. The van der Waals surface area contributed by atoms with E-state index in [9.17, 15) is 0 Å². The van der Waals surface area contributed by atoms with Crippen LogP contribution in [0, 0.1) is 0 Å². The molecule has 0 aliphatic heterocycles. The highest BCUT2D eigenvalue weighted by Gasteiger charge is 2.22. The van der Waals surface area contributed by atoms with Crippen molar-refractivity contribution in [3.63, 3.8) is 0 Å². The van der Waals surface area contributed by atoms with Gasteiger partial charge >= 0.3 is 0 Å². The van der Waals surface area contributed by atoms with E-state index in [1.54, 1.807) is 7.11 Å². The molecule has 0 aliphatic carbocycles. The highest BCUT2D eigenvalue weighted by molar-refractivity contribution is 7.09. The fourth-order valence-electron chi connectivity index (χ4n) is 1.85. The van der Waals surface area contributed by atoms with Crippen LogP contribution in [0.25, 0.3) is 0 Å². The molecule has 2 nitrogen and oxygen atoms in total. The molecule has 1 atom stereocenters. The van der Waals surface area contributed by atoms with Crippen LogP contribution in [0.1, 0.15) is 32.1 Å². The van der Waals surface area contributed by atoms with Gasteiger partial charge in [0.15, 0.2) is 0 Å². The number of hydrogen-bond donors (Lipinski definition) is 1. The first-order chi connectivity index (χ1) is 7.57. The third-order valence-electron chi connectivity index (χ3n) is 2.81. The minimum atomic E-state index is -0.0515. The number of methoxy groups -OCH3 is 1. The fourth-order valence-corrected chi connectivity index (χ4v) is 2.64. The highest BCUT2D eigenvalue weighted by atomic mass is 32.1. The van der Waals surface area contributed by atoms with Crippen LogP contribution in [0.5, 0.6) is 0 Å². The molecule has 0 radical (unpaired) electrons. The van der Waals surface area contributed by atoms with Crippen LogP contribution < -0.4 is 5.32 Å². The number of thiophene rings is 1. The van der Waals surface area contributed by atoms with Gasteiger partial charge in [-0.3, -0.25) is 0 Å². The summed E-state index contributed by atoms with van der Waals surface area (Å²) < 4.78 is 5.50. The summed E-state index contributed by atoms with van der Waals surface area (Å²) in [4.78, 5) is 1.44. The molecule has 16 heavy (non-hydrogen) atoms. The van der Waals surface area contributed by atoms with E-state index in [4.69, 9.17) is 4.74 Å². The van der Waals surface area contributed by atoms with Gasteiger partial charge in [0.25, 0.3) is 0 Å². The Morgan fingerprint density at radius 3 is 2.75 bits per heavy atom. The molecule has 1 aromatic rings. The first-order valence-electron chi connectivity index (χ1n) is 5.88. The van der Waals surface area contributed by atoms with Crippen LogP contribution in [0.4, 0.5) is 0 Å². The predicted octanol–water partition coefficient (Wildman–Crippen LogP) is 3.08. The summed E-state index contributed by atoms with van der Waals surface area (Å²) in [6.07, 6.45) is 2.13. The van der Waals surface area contributed by atoms with E-state index in [2.05, 4.69) is 43.6 Å². The minimum Gasteiger partial charge on any atom is -0.379 e. The molecule has 1 rings (SSSR count). The molecular formula is C13H23NOS. The van der Waals surface area contributed by atoms with E-state index in [0.717, 1.165) is 19.4 Å². The maximum Gasteiger partial charge on any atom is 0.0637 e. The van der Waals surface area contributed by atoms with E-state index in [-0.39, 0.29) is 5.60 Å². The summed E-state index contributed by atoms with van der Waals surface area (Å²) in [5.74, 6) is 0. The van der Waals surface area contributed by atoms with Gasteiger partial charge in [0, 0.05) is 18.0 Å². The van der Waals surface area contributed by atoms with Gasteiger partial charge in [-0.15, -0.1) is 11.3 Å². The van der Waals surface area contributed by atoms with Crippen molar-refractivity contribution in [2.24, 2.45) is 0 Å². The number of hydrogen-bond acceptors (Lipinski definition) is 3. The van der Waals surface area contributed by atoms with Gasteiger partial charge in [0.1, 0.15) is 0 Å². The van der Waals surface area contributed by atoms with Crippen LogP contribution in [0.3, 0.4) is 0 Å². The predicted molar refractivity (Wildman–Crippen MR) is 71.2 cm³/mol. The Labute approximate surface area is 103 Å². The van der Waals surface area contributed by atoms with Crippen LogP contribution in [0.2, 0.25) is 0 Å². The zero-order chi connectivity index (χ0) is 12.0. The number of likely N-dealkylation sites (N-methyl/N-ethyl adjacent to an activating group) is 1. The Kier molecular flexibility index (Phi) is 5.46. The molecule has 0 fully saturated rings. The second-order valence-electron chi connectivity index (χ2n) is 4.71. The summed E-state index contributed by atoms with van der Waals surface area (Å²) in [6, 6.07) is 4.82. The average Bonchev–Trinajstić information content (AvgIpc) is 2.70. The summed E-state index contributed by atoms with van der Waals surface area (Å²) in [5, 5.41) is 5.68. The van der Waals surface area contributed by atoms with Crippen molar-refractivity contribution < 1.29 is 4.74 Å². The van der Waals surface area contributed by atoms with E-state index < -0.39 is 0 Å². The molecule has 0 aromatic carbocycles. The standard InChI is InChI=1S/C13H23NOS/c1-5-14-11(10-13(2,3)15-4)9-12-7-6-8-16-12/h6-8,11,14H,5,9-10H2,1-4H3. The molecule has 3 heteroatoms. The van der Waals surface area contributed by atoms with Gasteiger partial charge in [-0.25, -0.2) is 0 Å². The molecule has 1 unspecified atom stereocenters. The first kappa shape index (κ1) is 13.7. The van der Waals surface area contributed by atoms with E-state index in [0.29, 0.717) is 6.04 Å². The molecule has 1 aromatic heterocycles. The maximum absolute atomic E-state index is 5.50. The van der Waals surface area contributed by atoms with Crippen LogP contribution in [0.15, 0.2) is 17.5 Å². The zero-order valence-electron chi connectivity index (χ0n) is 10.7. The normalized spacial score (nSPS) is 14.0. The minimum absolute atomic E-state index is 0.0515. The quantitative estimate of drug-likeness (QED) is 0.792. The smallest absolute Gasteiger partial charge is 0.0637 e. The molecule has 0 spiro atoms. The number of rotatable bonds is 7. The lowest BCUT2D eigenvalue weighted by atomic mass is 9.96. The summed E-state index contributed by atoms with van der Waals surface area (Å²) in [7, 11) is 1.79. The molecular weight excluding hydrogens is 218 g/mol. The van der Waals surface area contributed by atoms with Crippen molar-refractivity contribution in [1.29, 1.82) is 0 Å². The number of ether oxygens (including phenoxy) is 1. The van der Waals surface area contributed by atoms with E-state index >= 15 is 0 Å². The second-order valence-corrected chi connectivity index (χ2v) is 5.74. The summed E-state index contributed by atoms with van der Waals surface area (Å²) in [5.41, 5.74) is -0.0515. The average molecular weight is 241 g/mol. The third kappa shape index (κ3) is 4.64. The van der Waals surface area contributed by atoms with Crippen LogP contribution in [-0.2, 0) is 11.2 Å². The lowest BCUT2D eigenvalue weighted by Crippen LogP contribution is -2.38. The van der Waals surface area contributed by atoms with Crippen molar-refractivity contribution in [3.05, 3.63) is 22.4 Å². The Hall–Kier alpha value is -0.380. The summed E-state index contributed by atoms with van der Waals surface area (Å²) >= 11 is 1.83. The van der Waals surface area contributed by atoms with Gasteiger partial charge in [0.05, 0.1) is 5.60 Å². The summed E-state index contributed by atoms with van der Waals surface area (Å²) in [6.45, 7) is 7.45. The molecule has 1 N–H and O–H groups in total. The van der Waals surface area contributed by atoms with E-state index in [1.807, 2.05) is 11.3 Å². The van der Waals surface area contributed by atoms with Crippen molar-refractivity contribution in [3.8, 4) is 0 Å². The largest absolute Gasteiger partial charge is 0.379 e. The van der Waals surface area contributed by atoms with Gasteiger partial charge in [-0.1, -0.05) is 13.0 Å². The maximum atomic E-state index is 5.50. The molecule has 92 valence electrons. The Morgan fingerprint density at radius 1 is 1.50 bits per heavy atom. The van der Waals surface area contributed by atoms with E-state index in [1.165, 1.54) is 4.88 Å². The second kappa shape index (κ2) is 6.38. The van der Waals surface area contributed by atoms with Crippen molar-refractivity contribution in [2.75, 3.05) is 13.7 Å². The molecule has 0 aliphatic rings. The molecule has 0 saturated heterocycles. The van der Waals surface area contributed by atoms with Crippen molar-refractivity contribution in [1.82, 2.24) is 5.32 Å². The fraction of sp³-hybridized carbons (Fsp3) is 0.692. The monoisotopic (exact) mass is 241 g/mol. The SMILES string of the molecule is CCNC(Cc1cccs1)CC(C)(C)OC. The Bertz CT molecular complexity index is 282. The highest BCUT2D eigenvalue weighted by Crippen LogP contribution is 2.20. The molecule has 0 saturated carbocycles. The van der Waals surface area contributed by atoms with Gasteiger partial charge in [-0.2, -0.15) is 0 Å². The lowest BCUT2D eigenvalue weighted by molar-refractivity contribution is 0.00732. The van der Waals surface area contributed by atoms with Gasteiger partial charge in [-0.05, 0) is 44.7 Å². The third-order valence-corrected chi connectivity index (χ3v) is 3.71. The topological polar surface area (TPSA) is 21.3 Å². The van der Waals surface area contributed by atoms with Crippen molar-refractivity contribution >= 4 is 11.3 Å².